The zero-order chi connectivity index (χ0) is 24.7. The number of hydrogen-bond acceptors (Lipinski definition) is 8. The Morgan fingerprint density at radius 1 is 1.03 bits per heavy atom. The Morgan fingerprint density at radius 3 is 2.32 bits per heavy atom. The number of benzene rings is 1. The van der Waals surface area contributed by atoms with Gasteiger partial charge in [-0.05, 0) is 57.5 Å². The molecule has 3 rings (SSSR count). The first kappa shape index (κ1) is 25.4. The highest BCUT2D eigenvalue weighted by Gasteiger charge is 2.35. The van der Waals surface area contributed by atoms with Gasteiger partial charge in [-0.1, -0.05) is 6.07 Å². The number of methoxy groups -OCH3 is 2. The number of carbonyl (C=O) groups is 3. The molecule has 186 valence electrons. The molecule has 2 aliphatic heterocycles. The van der Waals surface area contributed by atoms with E-state index in [-0.39, 0.29) is 18.5 Å². The number of nitrogens with zero attached hydrogens (tertiary/aromatic N) is 1. The first-order valence-electron chi connectivity index (χ1n) is 11.5. The van der Waals surface area contributed by atoms with Crippen molar-refractivity contribution in [2.75, 3.05) is 47.1 Å². The van der Waals surface area contributed by atoms with E-state index < -0.39 is 18.0 Å². The highest BCUT2D eigenvalue weighted by molar-refractivity contribution is 5.95. The fourth-order valence-electron chi connectivity index (χ4n) is 4.29. The van der Waals surface area contributed by atoms with Gasteiger partial charge in [0.1, 0.15) is 0 Å². The van der Waals surface area contributed by atoms with Gasteiger partial charge in [-0.3, -0.25) is 9.69 Å². The lowest BCUT2D eigenvalue weighted by Crippen LogP contribution is -2.49. The normalized spacial score (nSPS) is 19.2. The van der Waals surface area contributed by atoms with E-state index in [9.17, 15) is 14.4 Å². The van der Waals surface area contributed by atoms with E-state index in [0.717, 1.165) is 0 Å². The van der Waals surface area contributed by atoms with E-state index in [0.29, 0.717) is 67.4 Å². The molecule has 2 N–H and O–H groups in total. The minimum Gasteiger partial charge on any atom is -0.493 e. The summed E-state index contributed by atoms with van der Waals surface area (Å²) in [7, 11) is 3.06. The summed E-state index contributed by atoms with van der Waals surface area (Å²) in [6.45, 7) is 5.74. The summed E-state index contributed by atoms with van der Waals surface area (Å²) < 4.78 is 21.2. The molecule has 0 spiro atoms. The maximum Gasteiger partial charge on any atom is 0.338 e. The molecule has 2 aliphatic rings. The van der Waals surface area contributed by atoms with Crippen LogP contribution >= 0.6 is 0 Å². The van der Waals surface area contributed by atoms with E-state index in [1.54, 1.807) is 32.0 Å². The molecule has 1 atom stereocenters. The second-order valence-electron chi connectivity index (χ2n) is 8.06. The van der Waals surface area contributed by atoms with Crippen LogP contribution in [0.1, 0.15) is 38.3 Å². The third-order valence-electron chi connectivity index (χ3n) is 5.98. The predicted molar refractivity (Wildman–Crippen MR) is 123 cm³/mol. The number of rotatable bonds is 9. The molecule has 2 heterocycles. The number of ether oxygens (including phenoxy) is 4. The molecule has 0 saturated carbocycles. The zero-order valence-electron chi connectivity index (χ0n) is 20.1. The van der Waals surface area contributed by atoms with Gasteiger partial charge >= 0.3 is 18.0 Å². The largest absolute Gasteiger partial charge is 0.493 e. The van der Waals surface area contributed by atoms with Gasteiger partial charge in [-0.2, -0.15) is 0 Å². The van der Waals surface area contributed by atoms with E-state index >= 15 is 0 Å². The van der Waals surface area contributed by atoms with Crippen LogP contribution in [-0.4, -0.2) is 69.9 Å². The van der Waals surface area contributed by atoms with Gasteiger partial charge in [0.05, 0.1) is 45.0 Å². The maximum atomic E-state index is 13.0. The van der Waals surface area contributed by atoms with Crippen LogP contribution in [0.25, 0.3) is 0 Å². The van der Waals surface area contributed by atoms with Gasteiger partial charge in [0.2, 0.25) is 0 Å². The zero-order valence-corrected chi connectivity index (χ0v) is 20.1. The van der Waals surface area contributed by atoms with Crippen LogP contribution in [0.4, 0.5) is 4.79 Å². The van der Waals surface area contributed by atoms with Crippen LogP contribution in [0, 0.1) is 5.92 Å². The van der Waals surface area contributed by atoms with E-state index in [1.165, 1.54) is 14.2 Å². The molecular weight excluding hydrogens is 442 g/mol. The molecule has 0 aromatic heterocycles. The van der Waals surface area contributed by atoms with Crippen LogP contribution in [0.2, 0.25) is 0 Å². The van der Waals surface area contributed by atoms with Crippen molar-refractivity contribution in [2.45, 2.75) is 32.7 Å². The van der Waals surface area contributed by atoms with E-state index in [2.05, 4.69) is 15.5 Å². The molecule has 1 fully saturated rings. The van der Waals surface area contributed by atoms with Crippen molar-refractivity contribution in [3.05, 3.63) is 35.0 Å². The van der Waals surface area contributed by atoms with Gasteiger partial charge in [0.15, 0.2) is 11.5 Å². The Hall–Kier alpha value is -3.27. The lowest BCUT2D eigenvalue weighted by molar-refractivity contribution is -0.149. The average Bonchev–Trinajstić information content (AvgIpc) is 2.84. The van der Waals surface area contributed by atoms with E-state index in [4.69, 9.17) is 18.9 Å². The minimum absolute atomic E-state index is 0.128. The summed E-state index contributed by atoms with van der Waals surface area (Å²) in [6, 6.07) is 4.10. The molecule has 1 aromatic carbocycles. The van der Waals surface area contributed by atoms with Gasteiger partial charge in [0, 0.05) is 12.2 Å². The highest BCUT2D eigenvalue weighted by atomic mass is 16.5. The lowest BCUT2D eigenvalue weighted by Gasteiger charge is -2.35. The van der Waals surface area contributed by atoms with Gasteiger partial charge in [-0.25, -0.2) is 9.59 Å². The van der Waals surface area contributed by atoms with Crippen LogP contribution in [0.3, 0.4) is 0 Å². The van der Waals surface area contributed by atoms with Crippen LogP contribution < -0.4 is 20.1 Å². The summed E-state index contributed by atoms with van der Waals surface area (Å²) in [5, 5.41) is 5.63. The molecule has 1 saturated heterocycles. The number of likely N-dealkylation sites (tertiary alicyclic amines) is 1. The number of amides is 2. The van der Waals surface area contributed by atoms with Gasteiger partial charge < -0.3 is 29.6 Å². The molecule has 10 nitrogen and oxygen atoms in total. The van der Waals surface area contributed by atoms with Crippen molar-refractivity contribution in [2.24, 2.45) is 5.92 Å². The fraction of sp³-hybridized carbons (Fsp3) is 0.542. The van der Waals surface area contributed by atoms with Crippen molar-refractivity contribution < 1.29 is 33.3 Å². The summed E-state index contributed by atoms with van der Waals surface area (Å²) in [6.07, 6.45) is 1.32. The Balaban J connectivity index is 1.88. The molecule has 0 radical (unpaired) electrons. The highest BCUT2D eigenvalue weighted by Crippen LogP contribution is 2.35. The Morgan fingerprint density at radius 2 is 1.71 bits per heavy atom. The Bertz CT molecular complexity index is 938. The first-order valence-corrected chi connectivity index (χ1v) is 11.5. The second kappa shape index (κ2) is 11.7. The average molecular weight is 476 g/mol. The third-order valence-corrected chi connectivity index (χ3v) is 5.98. The molecule has 1 aromatic rings. The monoisotopic (exact) mass is 475 g/mol. The van der Waals surface area contributed by atoms with Crippen molar-refractivity contribution in [3.63, 3.8) is 0 Å². The van der Waals surface area contributed by atoms with Crippen LogP contribution in [0.5, 0.6) is 11.5 Å². The second-order valence-corrected chi connectivity index (χ2v) is 8.06. The molecule has 2 amide bonds. The van der Waals surface area contributed by atoms with Crippen molar-refractivity contribution in [3.8, 4) is 11.5 Å². The smallest absolute Gasteiger partial charge is 0.338 e. The molecule has 0 unspecified atom stereocenters. The van der Waals surface area contributed by atoms with Crippen molar-refractivity contribution in [1.82, 2.24) is 15.5 Å². The standard InChI is InChI=1S/C24H33N3O7/c1-5-33-22(28)15-9-11-27(12-10-15)14-17-20(23(29)34-6-2)21(26-24(30)25-17)16-7-8-18(31-3)19(13-16)32-4/h7-8,13,15,21H,5-6,9-12,14H2,1-4H3,(H2,25,26,30)/t21-/m1/s1. The Labute approximate surface area is 199 Å². The fourth-order valence-corrected chi connectivity index (χ4v) is 4.29. The molecule has 0 aliphatic carbocycles. The quantitative estimate of drug-likeness (QED) is 0.522. The number of nitrogens with one attached hydrogen (secondary N) is 2. The van der Waals surface area contributed by atoms with Crippen molar-refractivity contribution in [1.29, 1.82) is 0 Å². The number of carbonyl (C=O) groups excluding carboxylic acids is 3. The molecular formula is C24H33N3O7. The first-order chi connectivity index (χ1) is 16.4. The van der Waals surface area contributed by atoms with Gasteiger partial charge in [0.25, 0.3) is 0 Å². The summed E-state index contributed by atoms with van der Waals surface area (Å²) >= 11 is 0. The third kappa shape index (κ3) is 5.80. The number of esters is 2. The predicted octanol–water partition coefficient (Wildman–Crippen LogP) is 2.15. The molecule has 34 heavy (non-hydrogen) atoms. The van der Waals surface area contributed by atoms with Crippen molar-refractivity contribution >= 4 is 18.0 Å². The summed E-state index contributed by atoms with van der Waals surface area (Å²) in [4.78, 5) is 39.8. The maximum absolute atomic E-state index is 13.0. The summed E-state index contributed by atoms with van der Waals surface area (Å²) in [5.41, 5.74) is 1.48. The molecule has 0 bridgehead atoms. The van der Waals surface area contributed by atoms with Gasteiger partial charge in [-0.15, -0.1) is 0 Å². The van der Waals surface area contributed by atoms with Crippen LogP contribution in [-0.2, 0) is 19.1 Å². The topological polar surface area (TPSA) is 115 Å². The number of piperidine rings is 1. The number of hydrogen-bond donors (Lipinski definition) is 2. The lowest BCUT2D eigenvalue weighted by atomic mass is 9.93. The summed E-state index contributed by atoms with van der Waals surface area (Å²) in [5.74, 6) is 0.219. The Kier molecular flexibility index (Phi) is 8.75. The van der Waals surface area contributed by atoms with E-state index in [1.807, 2.05) is 0 Å². The van der Waals surface area contributed by atoms with Crippen LogP contribution in [0.15, 0.2) is 29.5 Å². The molecule has 10 heteroatoms. The number of urea groups is 1. The minimum atomic E-state index is -0.723. The SMILES string of the molecule is CCOC(=O)C1=C(CN2CCC(C(=O)OCC)CC2)NC(=O)N[C@@H]1c1ccc(OC)c(OC)c1.